The number of nitrogens with one attached hydrogen (secondary N) is 1. The van der Waals surface area contributed by atoms with Gasteiger partial charge in [-0.3, -0.25) is 9.59 Å². The van der Waals surface area contributed by atoms with E-state index >= 15 is 0 Å². The van der Waals surface area contributed by atoms with Crippen LogP contribution < -0.4 is 5.32 Å². The van der Waals surface area contributed by atoms with Crippen LogP contribution in [0.1, 0.15) is 252 Å². The van der Waals surface area contributed by atoms with Gasteiger partial charge in [0.15, 0.2) is 12.4 Å². The van der Waals surface area contributed by atoms with Crippen molar-refractivity contribution >= 4 is 11.9 Å². The van der Waals surface area contributed by atoms with Gasteiger partial charge in [0.05, 0.1) is 25.4 Å². The summed E-state index contributed by atoms with van der Waals surface area (Å²) in [6.45, 7) is 5.63. The van der Waals surface area contributed by atoms with E-state index in [1.165, 1.54) is 83.5 Å². The van der Waals surface area contributed by atoms with E-state index in [2.05, 4.69) is 111 Å². The predicted octanol–water partition coefficient (Wildman–Crippen LogP) is 15.1. The summed E-state index contributed by atoms with van der Waals surface area (Å²) in [4.78, 5) is 26.5. The fourth-order valence-corrected chi connectivity index (χ4v) is 9.24. The number of unbranched alkanes of at least 4 members (excludes halogenated alkanes) is 24. The zero-order chi connectivity index (χ0) is 56.8. The molecule has 0 aliphatic carbocycles. The molecule has 0 aromatic carbocycles. The number of ether oxygens (including phenoxy) is 3. The van der Waals surface area contributed by atoms with E-state index in [4.69, 9.17) is 14.2 Å². The summed E-state index contributed by atoms with van der Waals surface area (Å²) >= 11 is 0. The average Bonchev–Trinajstić information content (AvgIpc) is 3.44. The van der Waals surface area contributed by atoms with Crippen LogP contribution in [0.25, 0.3) is 0 Å². The number of amides is 1. The Morgan fingerprint density at radius 1 is 0.513 bits per heavy atom. The third-order valence-corrected chi connectivity index (χ3v) is 14.2. The van der Waals surface area contributed by atoms with Crippen LogP contribution in [-0.2, 0) is 23.8 Å². The SMILES string of the molecule is CC/C=C\C/C=C\C/C=C\C/C=C\C/C=C\C/C=C\CCCCCCCCC(=O)OC1C(OCC(NC(=O)C(O)CCCC/C=C\CCCCCCCCC)C(O)/C=C/CCCCCCCCCCC)OC(CO)C(O)C1O. The van der Waals surface area contributed by atoms with Gasteiger partial charge in [0, 0.05) is 6.42 Å². The van der Waals surface area contributed by atoms with Gasteiger partial charge in [-0.2, -0.15) is 0 Å². The minimum absolute atomic E-state index is 0.0998. The Bertz CT molecular complexity index is 1630. The normalized spacial score (nSPS) is 19.6. The van der Waals surface area contributed by atoms with Crippen molar-refractivity contribution in [1.82, 2.24) is 5.32 Å². The molecule has 1 heterocycles. The standard InChI is InChI=1S/C67H115NO10/c1-4-7-10-13-16-19-22-24-25-26-27-28-29-30-31-32-33-34-35-37-40-43-46-49-52-55-62(72)78-65-64(74)63(73)61(56-69)77-67(65)76-57-58(59(70)53-50-47-44-41-38-21-18-15-12-9-6-3)68-66(75)60(71)54-51-48-45-42-39-36-23-20-17-14-11-8-5-2/h7,10,16,19,24-25,27-28,30-31,33-34,39,42,50,53,58-61,63-65,67,69-71,73-74H,4-6,8-9,11-15,17-18,20-23,26,29,32,35-38,40-41,43-49,51-52,54-57H2,1-3H3,(H,68,75)/b10-7-,19-16-,25-24-,28-27-,31-30-,34-33-,42-39-,53-50+. The number of aliphatic hydroxyl groups excluding tert-OH is 5. The largest absolute Gasteiger partial charge is 0.454 e. The lowest BCUT2D eigenvalue weighted by atomic mass is 9.99. The minimum Gasteiger partial charge on any atom is -0.454 e. The number of carbonyl (C=O) groups excluding carboxylic acids is 2. The summed E-state index contributed by atoms with van der Waals surface area (Å²) in [5.74, 6) is -1.23. The number of esters is 1. The molecular weight excluding hydrogens is 979 g/mol. The maximum Gasteiger partial charge on any atom is 0.306 e. The van der Waals surface area contributed by atoms with Gasteiger partial charge in [0.2, 0.25) is 5.91 Å². The molecule has 448 valence electrons. The third-order valence-electron chi connectivity index (χ3n) is 14.2. The molecule has 11 nitrogen and oxygen atoms in total. The summed E-state index contributed by atoms with van der Waals surface area (Å²) in [5.41, 5.74) is 0. The first-order valence-corrected chi connectivity index (χ1v) is 31.5. The molecule has 1 amide bonds. The van der Waals surface area contributed by atoms with E-state index < -0.39 is 67.4 Å². The zero-order valence-electron chi connectivity index (χ0n) is 49.5. The zero-order valence-corrected chi connectivity index (χ0v) is 49.5. The van der Waals surface area contributed by atoms with Crippen molar-refractivity contribution in [3.63, 3.8) is 0 Å². The van der Waals surface area contributed by atoms with Crippen LogP contribution in [0.4, 0.5) is 0 Å². The average molecular weight is 1090 g/mol. The molecule has 1 saturated heterocycles. The lowest BCUT2D eigenvalue weighted by molar-refractivity contribution is -0.305. The summed E-state index contributed by atoms with van der Waals surface area (Å²) in [6, 6.07) is -1.04. The maximum absolute atomic E-state index is 13.4. The minimum atomic E-state index is -1.63. The van der Waals surface area contributed by atoms with Crippen molar-refractivity contribution in [1.29, 1.82) is 0 Å². The van der Waals surface area contributed by atoms with E-state index in [9.17, 15) is 35.1 Å². The Balaban J connectivity index is 2.63. The van der Waals surface area contributed by atoms with Gasteiger partial charge in [-0.1, -0.05) is 240 Å². The van der Waals surface area contributed by atoms with E-state index in [0.717, 1.165) is 122 Å². The molecule has 8 atom stereocenters. The van der Waals surface area contributed by atoms with E-state index in [0.29, 0.717) is 12.8 Å². The maximum atomic E-state index is 13.4. The van der Waals surface area contributed by atoms with Crippen molar-refractivity contribution < 1.29 is 49.3 Å². The number of allylic oxidation sites excluding steroid dienone is 15. The van der Waals surface area contributed by atoms with Gasteiger partial charge in [-0.25, -0.2) is 0 Å². The van der Waals surface area contributed by atoms with E-state index in [-0.39, 0.29) is 19.4 Å². The number of hydrogen-bond donors (Lipinski definition) is 6. The Kier molecular flexibility index (Phi) is 50.4. The van der Waals surface area contributed by atoms with Crippen LogP contribution in [0.5, 0.6) is 0 Å². The second-order valence-electron chi connectivity index (χ2n) is 21.4. The van der Waals surface area contributed by atoms with Crippen molar-refractivity contribution in [2.45, 2.75) is 301 Å². The van der Waals surface area contributed by atoms with Crippen LogP contribution in [-0.4, -0.2) is 99.6 Å². The van der Waals surface area contributed by atoms with Gasteiger partial charge < -0.3 is 45.1 Å². The smallest absolute Gasteiger partial charge is 0.306 e. The molecule has 0 bridgehead atoms. The molecule has 1 rings (SSSR count). The summed E-state index contributed by atoms with van der Waals surface area (Å²) in [7, 11) is 0. The highest BCUT2D eigenvalue weighted by Crippen LogP contribution is 2.26. The third kappa shape index (κ3) is 41.6. The molecule has 0 radical (unpaired) electrons. The van der Waals surface area contributed by atoms with Gasteiger partial charge in [-0.05, 0) is 103 Å². The molecule has 11 heteroatoms. The molecule has 1 aliphatic heterocycles. The molecule has 0 spiro atoms. The highest BCUT2D eigenvalue weighted by atomic mass is 16.7. The van der Waals surface area contributed by atoms with Crippen molar-refractivity contribution in [3.05, 3.63) is 97.2 Å². The number of hydrogen-bond acceptors (Lipinski definition) is 10. The predicted molar refractivity (Wildman–Crippen MR) is 324 cm³/mol. The topological polar surface area (TPSA) is 175 Å². The molecule has 0 saturated carbocycles. The van der Waals surface area contributed by atoms with Crippen LogP contribution in [0, 0.1) is 0 Å². The van der Waals surface area contributed by atoms with Crippen molar-refractivity contribution in [2.75, 3.05) is 13.2 Å². The molecule has 0 aromatic rings. The quantitative estimate of drug-likeness (QED) is 0.0195. The van der Waals surface area contributed by atoms with Crippen LogP contribution in [0.3, 0.4) is 0 Å². The Morgan fingerprint density at radius 3 is 1.40 bits per heavy atom. The van der Waals surface area contributed by atoms with E-state index in [1.54, 1.807) is 6.08 Å². The van der Waals surface area contributed by atoms with Gasteiger partial charge >= 0.3 is 5.97 Å². The molecule has 8 unspecified atom stereocenters. The van der Waals surface area contributed by atoms with E-state index in [1.807, 2.05) is 6.08 Å². The van der Waals surface area contributed by atoms with Gasteiger partial charge in [0.25, 0.3) is 0 Å². The second-order valence-corrected chi connectivity index (χ2v) is 21.4. The lowest BCUT2D eigenvalue weighted by Crippen LogP contribution is -2.61. The Morgan fingerprint density at radius 2 is 0.923 bits per heavy atom. The highest BCUT2D eigenvalue weighted by Gasteiger charge is 2.47. The number of aliphatic hydroxyl groups is 5. The fraction of sp³-hybridized carbons (Fsp3) is 0.731. The summed E-state index contributed by atoms with van der Waals surface area (Å²) in [5, 5.41) is 56.9. The molecular formula is C67H115NO10. The number of carbonyl (C=O) groups is 2. The highest BCUT2D eigenvalue weighted by molar-refractivity contribution is 5.80. The molecule has 0 aromatic heterocycles. The fourth-order valence-electron chi connectivity index (χ4n) is 9.24. The summed E-state index contributed by atoms with van der Waals surface area (Å²) in [6.07, 6.45) is 61.6. The first kappa shape index (κ1) is 72.6. The van der Waals surface area contributed by atoms with Gasteiger partial charge in [-0.15, -0.1) is 0 Å². The molecule has 6 N–H and O–H groups in total. The Hall–Kier alpha value is -3.42. The monoisotopic (exact) mass is 1090 g/mol. The molecule has 1 fully saturated rings. The summed E-state index contributed by atoms with van der Waals surface area (Å²) < 4.78 is 17.6. The lowest BCUT2D eigenvalue weighted by Gasteiger charge is -2.41. The van der Waals surface area contributed by atoms with Crippen molar-refractivity contribution in [3.8, 4) is 0 Å². The van der Waals surface area contributed by atoms with Crippen LogP contribution >= 0.6 is 0 Å². The van der Waals surface area contributed by atoms with Crippen molar-refractivity contribution in [2.24, 2.45) is 0 Å². The van der Waals surface area contributed by atoms with Crippen LogP contribution in [0.15, 0.2) is 97.2 Å². The first-order chi connectivity index (χ1) is 38.2. The number of rotatable bonds is 52. The van der Waals surface area contributed by atoms with Crippen LogP contribution in [0.2, 0.25) is 0 Å². The first-order valence-electron chi connectivity index (χ1n) is 31.5. The molecule has 1 aliphatic rings. The second kappa shape index (κ2) is 54.2. The Labute approximate surface area is 475 Å². The molecule has 78 heavy (non-hydrogen) atoms. The van der Waals surface area contributed by atoms with Gasteiger partial charge in [0.1, 0.15) is 24.4 Å².